The number of aromatic nitrogens is 1. The third kappa shape index (κ3) is 1.66. The summed E-state index contributed by atoms with van der Waals surface area (Å²) in [6.45, 7) is 2.17. The molecule has 98 valence electrons. The average Bonchev–Trinajstić information content (AvgIpc) is 2.49. The molecule has 3 aromatic rings. The molecule has 4 rings (SSSR count). The number of hydrogen-bond acceptors (Lipinski definition) is 1. The molecule has 1 aromatic heterocycles. The van der Waals surface area contributed by atoms with E-state index in [2.05, 4.69) is 55.6 Å². The van der Waals surface area contributed by atoms with Gasteiger partial charge in [0, 0.05) is 22.8 Å². The molecule has 0 radical (unpaired) electrons. The van der Waals surface area contributed by atoms with Crippen LogP contribution in [0.3, 0.4) is 0 Å². The van der Waals surface area contributed by atoms with E-state index < -0.39 is 0 Å². The lowest BCUT2D eigenvalue weighted by Crippen LogP contribution is -2.04. The Bertz CT molecular complexity index is 792. The van der Waals surface area contributed by atoms with E-state index in [1.165, 1.54) is 51.6 Å². The third-order valence-corrected chi connectivity index (χ3v) is 4.37. The van der Waals surface area contributed by atoms with Crippen LogP contribution in [0.4, 0.5) is 0 Å². The molecular weight excluding hydrogens is 242 g/mol. The molecule has 0 amide bonds. The van der Waals surface area contributed by atoms with Crippen LogP contribution in [0.5, 0.6) is 0 Å². The predicted octanol–water partition coefficient (Wildman–Crippen LogP) is 4.70. The van der Waals surface area contributed by atoms with Gasteiger partial charge in [-0.15, -0.1) is 0 Å². The lowest BCUT2D eigenvalue weighted by Gasteiger charge is -2.18. The van der Waals surface area contributed by atoms with Crippen LogP contribution in [0.25, 0.3) is 21.9 Å². The van der Waals surface area contributed by atoms with Gasteiger partial charge in [0.25, 0.3) is 0 Å². The minimum absolute atomic E-state index is 1.11. The van der Waals surface area contributed by atoms with Crippen molar-refractivity contribution in [3.05, 3.63) is 65.5 Å². The first kappa shape index (κ1) is 11.7. The molecule has 0 atom stereocenters. The number of nitrogens with zero attached hydrogens (tertiary/aromatic N) is 1. The Morgan fingerprint density at radius 3 is 2.70 bits per heavy atom. The van der Waals surface area contributed by atoms with E-state index in [9.17, 15) is 0 Å². The fourth-order valence-electron chi connectivity index (χ4n) is 3.38. The molecule has 0 bridgehead atoms. The molecule has 0 fully saturated rings. The highest BCUT2D eigenvalue weighted by atomic mass is 14.7. The van der Waals surface area contributed by atoms with Gasteiger partial charge in [-0.25, -0.2) is 0 Å². The molecule has 0 saturated carbocycles. The van der Waals surface area contributed by atoms with Gasteiger partial charge in [0.05, 0.1) is 0 Å². The van der Waals surface area contributed by atoms with E-state index in [1.807, 2.05) is 0 Å². The minimum atomic E-state index is 1.11. The van der Waals surface area contributed by atoms with Gasteiger partial charge in [0.15, 0.2) is 0 Å². The molecule has 2 aromatic carbocycles. The normalized spacial score (nSPS) is 13.7. The molecule has 0 saturated heterocycles. The maximum absolute atomic E-state index is 4.75. The molecular formula is C19H17N. The first-order chi connectivity index (χ1) is 9.84. The zero-order valence-electron chi connectivity index (χ0n) is 11.7. The fourth-order valence-corrected chi connectivity index (χ4v) is 3.38. The summed E-state index contributed by atoms with van der Waals surface area (Å²) in [4.78, 5) is 4.75. The summed E-state index contributed by atoms with van der Waals surface area (Å²) in [5, 5.41) is 2.76. The highest BCUT2D eigenvalue weighted by molar-refractivity contribution is 6.00. The SMILES string of the molecule is Cc1ccccc1-c1cnc2c3c(cccc13)CCC2. The third-order valence-electron chi connectivity index (χ3n) is 4.37. The molecule has 0 spiro atoms. The van der Waals surface area contributed by atoms with Gasteiger partial charge in [0.1, 0.15) is 0 Å². The van der Waals surface area contributed by atoms with Crippen molar-refractivity contribution in [3.8, 4) is 11.1 Å². The molecule has 0 N–H and O–H groups in total. The number of rotatable bonds is 1. The standard InChI is InChI=1S/C19H17N/c1-13-6-2-3-9-15(13)17-12-20-18-11-5-8-14-7-4-10-16(17)19(14)18/h2-4,6-7,9-10,12H,5,8,11H2,1H3. The molecule has 1 aliphatic carbocycles. The van der Waals surface area contributed by atoms with E-state index in [1.54, 1.807) is 0 Å². The quantitative estimate of drug-likeness (QED) is 0.617. The zero-order valence-corrected chi connectivity index (χ0v) is 11.7. The van der Waals surface area contributed by atoms with E-state index >= 15 is 0 Å². The summed E-state index contributed by atoms with van der Waals surface area (Å²) in [6, 6.07) is 15.3. The van der Waals surface area contributed by atoms with E-state index in [0.29, 0.717) is 0 Å². The summed E-state index contributed by atoms with van der Waals surface area (Å²) in [5.41, 5.74) is 6.62. The van der Waals surface area contributed by atoms with Crippen LogP contribution in [-0.2, 0) is 12.8 Å². The maximum Gasteiger partial charge on any atom is 0.0485 e. The van der Waals surface area contributed by atoms with Crippen LogP contribution in [-0.4, -0.2) is 4.98 Å². The molecule has 1 heteroatoms. The van der Waals surface area contributed by atoms with Crippen molar-refractivity contribution in [3.63, 3.8) is 0 Å². The Balaban J connectivity index is 2.08. The zero-order chi connectivity index (χ0) is 13.5. The van der Waals surface area contributed by atoms with Gasteiger partial charge in [-0.1, -0.05) is 42.5 Å². The highest BCUT2D eigenvalue weighted by Gasteiger charge is 2.16. The topological polar surface area (TPSA) is 12.9 Å². The average molecular weight is 259 g/mol. The van der Waals surface area contributed by atoms with Crippen molar-refractivity contribution >= 4 is 10.8 Å². The number of aryl methyl sites for hydroxylation is 3. The number of pyridine rings is 1. The smallest absolute Gasteiger partial charge is 0.0485 e. The molecule has 0 aliphatic heterocycles. The van der Waals surface area contributed by atoms with Crippen molar-refractivity contribution in [1.82, 2.24) is 4.98 Å². The monoisotopic (exact) mass is 259 g/mol. The van der Waals surface area contributed by atoms with Crippen LogP contribution >= 0.6 is 0 Å². The lowest BCUT2D eigenvalue weighted by molar-refractivity contribution is 0.786. The van der Waals surface area contributed by atoms with Gasteiger partial charge < -0.3 is 0 Å². The molecule has 20 heavy (non-hydrogen) atoms. The summed E-state index contributed by atoms with van der Waals surface area (Å²) in [7, 11) is 0. The van der Waals surface area contributed by atoms with Gasteiger partial charge in [-0.2, -0.15) is 0 Å². The van der Waals surface area contributed by atoms with Crippen LogP contribution in [0.15, 0.2) is 48.7 Å². The van der Waals surface area contributed by atoms with Gasteiger partial charge in [0.2, 0.25) is 0 Å². The Morgan fingerprint density at radius 2 is 1.80 bits per heavy atom. The molecule has 1 aliphatic rings. The second kappa shape index (κ2) is 4.45. The van der Waals surface area contributed by atoms with Gasteiger partial charge >= 0.3 is 0 Å². The van der Waals surface area contributed by atoms with Crippen LogP contribution in [0, 0.1) is 6.92 Å². The first-order valence-corrected chi connectivity index (χ1v) is 7.30. The molecule has 1 heterocycles. The fraction of sp³-hybridized carbons (Fsp3) is 0.211. The lowest BCUT2D eigenvalue weighted by atomic mass is 9.88. The van der Waals surface area contributed by atoms with Crippen LogP contribution < -0.4 is 0 Å². The maximum atomic E-state index is 4.75. The Kier molecular flexibility index (Phi) is 2.59. The van der Waals surface area contributed by atoms with E-state index in [4.69, 9.17) is 4.98 Å². The van der Waals surface area contributed by atoms with E-state index in [-0.39, 0.29) is 0 Å². The van der Waals surface area contributed by atoms with Gasteiger partial charge in [-0.05, 0) is 48.3 Å². The Morgan fingerprint density at radius 1 is 0.900 bits per heavy atom. The molecule has 1 nitrogen and oxygen atoms in total. The summed E-state index contributed by atoms with van der Waals surface area (Å²) in [6.07, 6.45) is 5.59. The second-order valence-electron chi connectivity index (χ2n) is 5.63. The van der Waals surface area contributed by atoms with Crippen molar-refractivity contribution in [2.75, 3.05) is 0 Å². The van der Waals surface area contributed by atoms with Crippen LogP contribution in [0.1, 0.15) is 23.2 Å². The van der Waals surface area contributed by atoms with E-state index in [0.717, 1.165) is 6.42 Å². The van der Waals surface area contributed by atoms with Crippen molar-refractivity contribution in [2.24, 2.45) is 0 Å². The summed E-state index contributed by atoms with van der Waals surface area (Å²) >= 11 is 0. The van der Waals surface area contributed by atoms with Crippen LogP contribution in [0.2, 0.25) is 0 Å². The Labute approximate surface area is 119 Å². The number of hydrogen-bond donors (Lipinski definition) is 0. The van der Waals surface area contributed by atoms with Gasteiger partial charge in [-0.3, -0.25) is 4.98 Å². The minimum Gasteiger partial charge on any atom is -0.260 e. The number of benzene rings is 2. The Hall–Kier alpha value is -2.15. The van der Waals surface area contributed by atoms with Crippen molar-refractivity contribution < 1.29 is 0 Å². The summed E-state index contributed by atoms with van der Waals surface area (Å²) < 4.78 is 0. The summed E-state index contributed by atoms with van der Waals surface area (Å²) in [5.74, 6) is 0. The predicted molar refractivity (Wildman–Crippen MR) is 83.9 cm³/mol. The first-order valence-electron chi connectivity index (χ1n) is 7.30. The van der Waals surface area contributed by atoms with Crippen molar-refractivity contribution in [1.29, 1.82) is 0 Å². The largest absolute Gasteiger partial charge is 0.260 e. The second-order valence-corrected chi connectivity index (χ2v) is 5.63. The van der Waals surface area contributed by atoms with Crippen molar-refractivity contribution in [2.45, 2.75) is 26.2 Å². The highest BCUT2D eigenvalue weighted by Crippen LogP contribution is 2.35. The molecule has 0 unspecified atom stereocenters.